The quantitative estimate of drug-likeness (QED) is 0.198. The van der Waals surface area contributed by atoms with E-state index < -0.39 is 10.1 Å². The van der Waals surface area contributed by atoms with Crippen LogP contribution in [0.25, 0.3) is 0 Å². The van der Waals surface area contributed by atoms with E-state index in [4.69, 9.17) is 9.35 Å². The summed E-state index contributed by atoms with van der Waals surface area (Å²) >= 11 is 0. The molecule has 0 aliphatic heterocycles. The number of aldehydes is 1. The molecule has 0 fully saturated rings. The maximum Gasteiger partial charge on any atom is 1.00 e. The summed E-state index contributed by atoms with van der Waals surface area (Å²) in [6.07, 6.45) is 2.30. The zero-order valence-corrected chi connectivity index (χ0v) is 11.2. The SMILES string of the molecule is C=CC=O.CCCS(=O)(=O)O.[CH3-].[Na+]. The average Bonchev–Trinajstić information content (AvgIpc) is 1.86. The van der Waals surface area contributed by atoms with Crippen molar-refractivity contribution in [2.75, 3.05) is 5.75 Å². The Bertz CT molecular complexity index is 193. The van der Waals surface area contributed by atoms with E-state index in [9.17, 15) is 8.42 Å². The van der Waals surface area contributed by atoms with E-state index in [-0.39, 0.29) is 42.7 Å². The molecule has 0 aromatic heterocycles. The summed E-state index contributed by atoms with van der Waals surface area (Å²) in [4.78, 5) is 9.06. The van der Waals surface area contributed by atoms with Gasteiger partial charge in [0.15, 0.2) is 0 Å². The van der Waals surface area contributed by atoms with Crippen molar-refractivity contribution in [1.29, 1.82) is 0 Å². The van der Waals surface area contributed by atoms with Crippen LogP contribution in [0, 0.1) is 7.43 Å². The van der Waals surface area contributed by atoms with E-state index >= 15 is 0 Å². The van der Waals surface area contributed by atoms with Gasteiger partial charge in [-0.25, -0.2) is 0 Å². The predicted octanol–water partition coefficient (Wildman–Crippen LogP) is -1.89. The van der Waals surface area contributed by atoms with Gasteiger partial charge in [-0.15, -0.1) is 0 Å². The molecule has 0 radical (unpaired) electrons. The summed E-state index contributed by atoms with van der Waals surface area (Å²) in [6.45, 7) is 4.80. The first-order chi connectivity index (χ1) is 4.97. The van der Waals surface area contributed by atoms with Gasteiger partial charge in [0.25, 0.3) is 10.1 Å². The normalized spacial score (nSPS) is 7.85. The summed E-state index contributed by atoms with van der Waals surface area (Å²) < 4.78 is 27.6. The Labute approximate surface area is 102 Å². The predicted molar refractivity (Wildman–Crippen MR) is 49.4 cm³/mol. The van der Waals surface area contributed by atoms with Crippen LogP contribution >= 0.6 is 0 Å². The van der Waals surface area contributed by atoms with Crippen molar-refractivity contribution in [2.24, 2.45) is 0 Å². The Balaban J connectivity index is -0.0000000600. The summed E-state index contributed by atoms with van der Waals surface area (Å²) in [7, 11) is -3.67. The first-order valence-corrected chi connectivity index (χ1v) is 4.60. The molecule has 0 spiro atoms. The van der Waals surface area contributed by atoms with Crippen LogP contribution in [0.15, 0.2) is 12.7 Å². The molecule has 0 heterocycles. The number of rotatable bonds is 3. The second kappa shape index (κ2) is 14.8. The molecule has 0 aromatic rings. The van der Waals surface area contributed by atoms with Gasteiger partial charge in [-0.05, 0) is 12.5 Å². The summed E-state index contributed by atoms with van der Waals surface area (Å²) in [5.41, 5.74) is 0. The Morgan fingerprint density at radius 1 is 1.46 bits per heavy atom. The van der Waals surface area contributed by atoms with Crippen molar-refractivity contribution in [1.82, 2.24) is 0 Å². The van der Waals surface area contributed by atoms with E-state index in [2.05, 4.69) is 6.58 Å². The molecule has 0 rings (SSSR count). The molecule has 0 aliphatic carbocycles. The van der Waals surface area contributed by atoms with Crippen molar-refractivity contribution >= 4 is 16.4 Å². The fourth-order valence-electron chi connectivity index (χ4n) is 0.258. The molecule has 0 bridgehead atoms. The Morgan fingerprint density at radius 3 is 1.77 bits per heavy atom. The molecule has 0 aliphatic rings. The summed E-state index contributed by atoms with van der Waals surface area (Å²) in [5.74, 6) is -0.132. The third kappa shape index (κ3) is 46.4. The molecule has 0 aromatic carbocycles. The van der Waals surface area contributed by atoms with Gasteiger partial charge in [0.05, 0.1) is 5.75 Å². The number of hydrogen-bond donors (Lipinski definition) is 1. The number of carbonyl (C=O) groups excluding carboxylic acids is 1. The third-order valence-corrected chi connectivity index (χ3v) is 1.48. The van der Waals surface area contributed by atoms with E-state index in [0.29, 0.717) is 12.7 Å². The number of carbonyl (C=O) groups is 1. The van der Waals surface area contributed by atoms with Crippen LogP contribution < -0.4 is 29.6 Å². The molecule has 4 nitrogen and oxygen atoms in total. The zero-order chi connectivity index (χ0) is 9.33. The fourth-order valence-corrected chi connectivity index (χ4v) is 0.774. The van der Waals surface area contributed by atoms with Gasteiger partial charge in [0.1, 0.15) is 6.29 Å². The molecule has 0 saturated carbocycles. The molecule has 0 saturated heterocycles. The smallest absolute Gasteiger partial charge is 0.358 e. The van der Waals surface area contributed by atoms with E-state index in [1.54, 1.807) is 6.92 Å². The van der Waals surface area contributed by atoms with Gasteiger partial charge in [0.2, 0.25) is 0 Å². The van der Waals surface area contributed by atoms with E-state index in [1.165, 1.54) is 6.08 Å². The van der Waals surface area contributed by atoms with E-state index in [1.807, 2.05) is 0 Å². The molecule has 0 amide bonds. The first kappa shape index (κ1) is 23.3. The van der Waals surface area contributed by atoms with Crippen molar-refractivity contribution in [3.63, 3.8) is 0 Å². The third-order valence-electron chi connectivity index (χ3n) is 0.558. The molecule has 0 unspecified atom stereocenters. The van der Waals surface area contributed by atoms with Crippen LogP contribution in [-0.4, -0.2) is 25.0 Å². The molecule has 6 heteroatoms. The van der Waals surface area contributed by atoms with E-state index in [0.717, 1.165) is 0 Å². The Morgan fingerprint density at radius 2 is 1.77 bits per heavy atom. The molecule has 1 N–H and O–H groups in total. The zero-order valence-electron chi connectivity index (χ0n) is 8.36. The van der Waals surface area contributed by atoms with Gasteiger partial charge >= 0.3 is 29.6 Å². The van der Waals surface area contributed by atoms with Crippen molar-refractivity contribution in [3.8, 4) is 0 Å². The number of hydrogen-bond acceptors (Lipinski definition) is 3. The molecular formula is C7H15NaO4S. The van der Waals surface area contributed by atoms with Gasteiger partial charge in [-0.1, -0.05) is 13.5 Å². The minimum absolute atomic E-state index is 0. The maximum atomic E-state index is 9.79. The van der Waals surface area contributed by atoms with Crippen LogP contribution in [-0.2, 0) is 14.9 Å². The van der Waals surface area contributed by atoms with Gasteiger partial charge in [-0.2, -0.15) is 8.42 Å². The Kier molecular flexibility index (Phi) is 26.5. The van der Waals surface area contributed by atoms with Crippen LogP contribution in [0.2, 0.25) is 0 Å². The monoisotopic (exact) mass is 218 g/mol. The first-order valence-electron chi connectivity index (χ1n) is 2.99. The minimum atomic E-state index is -3.67. The van der Waals surface area contributed by atoms with Crippen LogP contribution in [0.4, 0.5) is 0 Å². The van der Waals surface area contributed by atoms with Crippen LogP contribution in [0.3, 0.4) is 0 Å². The average molecular weight is 218 g/mol. The van der Waals surface area contributed by atoms with Gasteiger partial charge in [0, 0.05) is 0 Å². The molecule has 13 heavy (non-hydrogen) atoms. The maximum absolute atomic E-state index is 9.79. The fraction of sp³-hybridized carbons (Fsp3) is 0.429. The second-order valence-corrected chi connectivity index (χ2v) is 3.23. The number of allylic oxidation sites excluding steroid dienone is 1. The molecule has 74 valence electrons. The van der Waals surface area contributed by atoms with Crippen molar-refractivity contribution < 1.29 is 47.3 Å². The van der Waals surface area contributed by atoms with Crippen molar-refractivity contribution in [2.45, 2.75) is 13.3 Å². The van der Waals surface area contributed by atoms with Gasteiger partial charge < -0.3 is 7.43 Å². The topological polar surface area (TPSA) is 71.4 Å². The molecular weight excluding hydrogens is 203 g/mol. The van der Waals surface area contributed by atoms with Crippen LogP contribution in [0.5, 0.6) is 0 Å². The summed E-state index contributed by atoms with van der Waals surface area (Å²) in [6, 6.07) is 0. The van der Waals surface area contributed by atoms with Gasteiger partial charge in [-0.3, -0.25) is 9.35 Å². The Hall–Kier alpha value is 0.320. The second-order valence-electron chi connectivity index (χ2n) is 1.66. The molecule has 0 atom stereocenters. The van der Waals surface area contributed by atoms with Crippen molar-refractivity contribution in [3.05, 3.63) is 20.1 Å². The largest absolute Gasteiger partial charge is 1.00 e. The minimum Gasteiger partial charge on any atom is -0.358 e. The van der Waals surface area contributed by atoms with Crippen LogP contribution in [0.1, 0.15) is 13.3 Å². The standard InChI is InChI=1S/C3H8O3S.C3H4O.CH3.Na/c1-2-3-7(4,5)6;1-2-3-4;;/h2-3H2,1H3,(H,4,5,6);2-3H,1H2;1H3;/q;;-1;+1. The summed E-state index contributed by atoms with van der Waals surface area (Å²) in [5, 5.41) is 0.